The highest BCUT2D eigenvalue weighted by atomic mass is 79.9. The first-order chi connectivity index (χ1) is 10.0. The van der Waals surface area contributed by atoms with Crippen LogP contribution in [0.5, 0.6) is 0 Å². The van der Waals surface area contributed by atoms with E-state index in [4.69, 9.17) is 18.0 Å². The van der Waals surface area contributed by atoms with Crippen LogP contribution in [0.2, 0.25) is 0 Å². The van der Waals surface area contributed by atoms with Gasteiger partial charge in [-0.15, -0.1) is 0 Å². The number of hydrogen-bond donors (Lipinski definition) is 2. The fraction of sp³-hybridized carbons (Fsp3) is 0.0667. The summed E-state index contributed by atoms with van der Waals surface area (Å²) in [6.07, 6.45) is 0. The summed E-state index contributed by atoms with van der Waals surface area (Å²) in [6.45, 7) is 0. The van der Waals surface area contributed by atoms with Crippen molar-refractivity contribution in [3.63, 3.8) is 0 Å². The van der Waals surface area contributed by atoms with Crippen LogP contribution >= 0.6 is 28.1 Å². The van der Waals surface area contributed by atoms with E-state index in [9.17, 15) is 9.18 Å². The molecule has 3 N–H and O–H groups in total. The Kier molecular flexibility index (Phi) is 5.03. The molecule has 0 aliphatic heterocycles. The molecule has 1 atom stereocenters. The Labute approximate surface area is 135 Å². The molecule has 0 saturated heterocycles. The Bertz CT molecular complexity index is 658. The Hall–Kier alpha value is -1.79. The van der Waals surface area contributed by atoms with Crippen LogP contribution in [-0.4, -0.2) is 10.9 Å². The largest absolute Gasteiger partial charge is 0.391 e. The van der Waals surface area contributed by atoms with Gasteiger partial charge in [-0.25, -0.2) is 4.39 Å². The van der Waals surface area contributed by atoms with E-state index < -0.39 is 17.8 Å². The second-order valence-electron chi connectivity index (χ2n) is 4.32. The first kappa shape index (κ1) is 15.6. The van der Waals surface area contributed by atoms with Gasteiger partial charge in [-0.1, -0.05) is 48.6 Å². The zero-order valence-electron chi connectivity index (χ0n) is 10.8. The quantitative estimate of drug-likeness (QED) is 0.815. The highest BCUT2D eigenvalue weighted by Crippen LogP contribution is 2.21. The molecule has 0 heterocycles. The summed E-state index contributed by atoms with van der Waals surface area (Å²) >= 11 is 8.16. The van der Waals surface area contributed by atoms with Crippen molar-refractivity contribution in [2.24, 2.45) is 5.73 Å². The molecular weight excluding hydrogens is 355 g/mol. The molecule has 0 radical (unpaired) electrons. The molecule has 0 aliphatic rings. The summed E-state index contributed by atoms with van der Waals surface area (Å²) in [6, 6.07) is 12.7. The maximum atomic E-state index is 13.8. The van der Waals surface area contributed by atoms with E-state index in [0.717, 1.165) is 5.56 Å². The molecule has 0 spiro atoms. The third-order valence-electron chi connectivity index (χ3n) is 2.88. The molecule has 108 valence electrons. The Morgan fingerprint density at radius 2 is 1.86 bits per heavy atom. The van der Waals surface area contributed by atoms with Gasteiger partial charge in [0.15, 0.2) is 0 Å². The lowest BCUT2D eigenvalue weighted by Gasteiger charge is -2.18. The van der Waals surface area contributed by atoms with Crippen LogP contribution in [0.3, 0.4) is 0 Å². The number of hydrogen-bond acceptors (Lipinski definition) is 2. The summed E-state index contributed by atoms with van der Waals surface area (Å²) in [5.74, 6) is -1.20. The summed E-state index contributed by atoms with van der Waals surface area (Å²) in [5, 5.41) is 2.66. The molecule has 0 saturated carbocycles. The van der Waals surface area contributed by atoms with Crippen LogP contribution in [0.25, 0.3) is 0 Å². The fourth-order valence-corrected chi connectivity index (χ4v) is 2.60. The number of halogens is 2. The number of nitrogens with two attached hydrogens (primary N) is 1. The molecule has 1 amide bonds. The van der Waals surface area contributed by atoms with Crippen molar-refractivity contribution in [1.29, 1.82) is 0 Å². The predicted octanol–water partition coefficient (Wildman–Crippen LogP) is 3.35. The van der Waals surface area contributed by atoms with Crippen LogP contribution in [0.4, 0.5) is 4.39 Å². The van der Waals surface area contributed by atoms with Gasteiger partial charge in [0.05, 0.1) is 5.56 Å². The number of carbonyl (C=O) groups excluding carboxylic acids is 1. The molecule has 2 aromatic carbocycles. The molecule has 21 heavy (non-hydrogen) atoms. The van der Waals surface area contributed by atoms with Crippen LogP contribution in [-0.2, 0) is 0 Å². The molecule has 0 aliphatic carbocycles. The monoisotopic (exact) mass is 366 g/mol. The van der Waals surface area contributed by atoms with Crippen LogP contribution in [0.1, 0.15) is 22.0 Å². The van der Waals surface area contributed by atoms with Gasteiger partial charge in [-0.2, -0.15) is 0 Å². The third kappa shape index (κ3) is 3.65. The number of rotatable bonds is 4. The van der Waals surface area contributed by atoms with Gasteiger partial charge in [0.1, 0.15) is 16.8 Å². The van der Waals surface area contributed by atoms with E-state index in [0.29, 0.717) is 4.47 Å². The lowest BCUT2D eigenvalue weighted by molar-refractivity contribution is 0.0942. The van der Waals surface area contributed by atoms with Gasteiger partial charge in [0, 0.05) is 4.47 Å². The molecule has 0 bridgehead atoms. The van der Waals surface area contributed by atoms with E-state index in [-0.39, 0.29) is 10.6 Å². The minimum atomic E-state index is -0.653. The first-order valence-electron chi connectivity index (χ1n) is 6.10. The van der Waals surface area contributed by atoms with Crippen molar-refractivity contribution < 1.29 is 9.18 Å². The number of benzene rings is 2. The topological polar surface area (TPSA) is 55.1 Å². The highest BCUT2D eigenvalue weighted by Gasteiger charge is 2.21. The smallest absolute Gasteiger partial charge is 0.256 e. The number of nitrogens with one attached hydrogen (secondary N) is 1. The van der Waals surface area contributed by atoms with Crippen molar-refractivity contribution in [2.75, 3.05) is 0 Å². The first-order valence-corrected chi connectivity index (χ1v) is 7.30. The van der Waals surface area contributed by atoms with Gasteiger partial charge >= 0.3 is 0 Å². The maximum absolute atomic E-state index is 13.8. The van der Waals surface area contributed by atoms with Crippen LogP contribution in [0.15, 0.2) is 53.0 Å². The van der Waals surface area contributed by atoms with E-state index >= 15 is 0 Å². The Morgan fingerprint density at radius 1 is 1.19 bits per heavy atom. The van der Waals surface area contributed by atoms with Gasteiger partial charge in [-0.05, 0) is 33.6 Å². The minimum absolute atomic E-state index is 0.0744. The second-order valence-corrected chi connectivity index (χ2v) is 5.64. The van der Waals surface area contributed by atoms with Crippen molar-refractivity contribution >= 4 is 39.0 Å². The summed E-state index contributed by atoms with van der Waals surface area (Å²) < 4.78 is 14.2. The van der Waals surface area contributed by atoms with Crippen LogP contribution < -0.4 is 11.1 Å². The van der Waals surface area contributed by atoms with Crippen molar-refractivity contribution in [3.05, 3.63) is 69.9 Å². The number of amides is 1. The molecular formula is C15H12BrFN2OS. The zero-order chi connectivity index (χ0) is 15.4. The molecule has 1 unspecified atom stereocenters. The molecule has 0 fully saturated rings. The van der Waals surface area contributed by atoms with Crippen molar-refractivity contribution in [3.8, 4) is 0 Å². The lowest BCUT2D eigenvalue weighted by atomic mass is 10.1. The maximum Gasteiger partial charge on any atom is 0.256 e. The fourth-order valence-electron chi connectivity index (χ4n) is 1.88. The van der Waals surface area contributed by atoms with Crippen molar-refractivity contribution in [1.82, 2.24) is 5.32 Å². The average molecular weight is 367 g/mol. The molecule has 2 aromatic rings. The second kappa shape index (κ2) is 6.78. The van der Waals surface area contributed by atoms with E-state index in [1.54, 1.807) is 18.2 Å². The van der Waals surface area contributed by atoms with Gasteiger partial charge in [0.25, 0.3) is 5.91 Å². The molecule has 3 nitrogen and oxygen atoms in total. The van der Waals surface area contributed by atoms with Gasteiger partial charge < -0.3 is 11.1 Å². The number of thiocarbonyl (C=S) groups is 1. The minimum Gasteiger partial charge on any atom is -0.391 e. The lowest BCUT2D eigenvalue weighted by Crippen LogP contribution is -2.37. The van der Waals surface area contributed by atoms with Gasteiger partial charge in [-0.3, -0.25) is 4.79 Å². The normalized spacial score (nSPS) is 11.7. The molecule has 2 rings (SSSR count). The molecule has 6 heteroatoms. The van der Waals surface area contributed by atoms with E-state index in [1.165, 1.54) is 12.1 Å². The summed E-state index contributed by atoms with van der Waals surface area (Å²) in [4.78, 5) is 12.4. The average Bonchev–Trinajstić information content (AvgIpc) is 2.45. The standard InChI is InChI=1S/C15H12BrFN2OS/c16-10-7-4-8-11(17)12(10)15(20)19-13(14(18)21)9-5-2-1-3-6-9/h1-8,13H,(H2,18,21)(H,19,20). The predicted molar refractivity (Wildman–Crippen MR) is 87.5 cm³/mol. The zero-order valence-corrected chi connectivity index (χ0v) is 13.2. The van der Waals surface area contributed by atoms with Crippen molar-refractivity contribution in [2.45, 2.75) is 6.04 Å². The van der Waals surface area contributed by atoms with Crippen LogP contribution in [0, 0.1) is 5.82 Å². The Morgan fingerprint density at radius 3 is 2.43 bits per heavy atom. The Balaban J connectivity index is 2.30. The third-order valence-corrected chi connectivity index (χ3v) is 3.78. The summed E-state index contributed by atoms with van der Waals surface area (Å²) in [7, 11) is 0. The highest BCUT2D eigenvalue weighted by molar-refractivity contribution is 9.10. The van der Waals surface area contributed by atoms with Gasteiger partial charge in [0.2, 0.25) is 0 Å². The summed E-state index contributed by atoms with van der Waals surface area (Å²) in [5.41, 5.74) is 6.35. The number of carbonyl (C=O) groups is 1. The molecule has 0 aromatic heterocycles. The van der Waals surface area contributed by atoms with E-state index in [1.807, 2.05) is 18.2 Å². The SMILES string of the molecule is NC(=S)C(NC(=O)c1c(F)cccc1Br)c1ccccc1. The van der Waals surface area contributed by atoms with E-state index in [2.05, 4.69) is 21.2 Å².